The molecular formula is C25H27N3O2. The minimum Gasteiger partial charge on any atom is -0.488 e. The lowest BCUT2D eigenvalue weighted by Gasteiger charge is -2.20. The molecule has 0 aliphatic heterocycles. The van der Waals surface area contributed by atoms with Gasteiger partial charge in [-0.05, 0) is 49.2 Å². The van der Waals surface area contributed by atoms with Gasteiger partial charge < -0.3 is 9.64 Å². The van der Waals surface area contributed by atoms with E-state index < -0.39 is 0 Å². The first-order valence-electron chi connectivity index (χ1n) is 10.2. The maximum Gasteiger partial charge on any atom is 0.275 e. The number of hydrogen-bond acceptors (Lipinski definition) is 4. The topological polar surface area (TPSA) is 53.9 Å². The number of para-hydroxylation sites is 1. The molecule has 0 bridgehead atoms. The number of nitrogens with zero attached hydrogens (tertiary/aromatic N) is 2. The van der Waals surface area contributed by atoms with Crippen LogP contribution in [0.3, 0.4) is 0 Å². The fourth-order valence-corrected chi connectivity index (χ4v) is 3.10. The molecule has 1 N–H and O–H groups in total. The number of hydrazone groups is 1. The quantitative estimate of drug-likeness (QED) is 0.411. The zero-order valence-electron chi connectivity index (χ0n) is 17.4. The van der Waals surface area contributed by atoms with E-state index in [2.05, 4.69) is 41.4 Å². The van der Waals surface area contributed by atoms with Crippen LogP contribution >= 0.6 is 0 Å². The van der Waals surface area contributed by atoms with E-state index in [1.807, 2.05) is 48.5 Å². The van der Waals surface area contributed by atoms with Crippen LogP contribution in [0.25, 0.3) is 0 Å². The summed E-state index contributed by atoms with van der Waals surface area (Å²) < 4.78 is 5.85. The molecule has 0 aliphatic carbocycles. The van der Waals surface area contributed by atoms with Crippen molar-refractivity contribution in [2.45, 2.75) is 20.5 Å². The summed E-state index contributed by atoms with van der Waals surface area (Å²) in [5.74, 6) is 0.215. The largest absolute Gasteiger partial charge is 0.488 e. The smallest absolute Gasteiger partial charge is 0.275 e. The third kappa shape index (κ3) is 5.70. The van der Waals surface area contributed by atoms with E-state index in [9.17, 15) is 4.79 Å². The maximum atomic E-state index is 12.6. The van der Waals surface area contributed by atoms with Crippen LogP contribution in [-0.2, 0) is 6.61 Å². The normalized spacial score (nSPS) is 10.7. The highest BCUT2D eigenvalue weighted by Gasteiger charge is 2.11. The van der Waals surface area contributed by atoms with Gasteiger partial charge in [-0.25, -0.2) is 5.43 Å². The van der Waals surface area contributed by atoms with Gasteiger partial charge in [0.25, 0.3) is 5.91 Å². The minimum absolute atomic E-state index is 0.310. The van der Waals surface area contributed by atoms with Gasteiger partial charge in [-0.15, -0.1) is 0 Å². The number of amides is 1. The summed E-state index contributed by atoms with van der Waals surface area (Å²) in [6.07, 6.45) is 1.64. The zero-order valence-corrected chi connectivity index (χ0v) is 17.4. The highest BCUT2D eigenvalue weighted by molar-refractivity contribution is 5.97. The Balaban J connectivity index is 1.61. The van der Waals surface area contributed by atoms with Crippen molar-refractivity contribution in [3.05, 3.63) is 95.6 Å². The van der Waals surface area contributed by atoms with Gasteiger partial charge in [0, 0.05) is 18.8 Å². The lowest BCUT2D eigenvalue weighted by molar-refractivity contribution is 0.0950. The molecule has 3 aromatic carbocycles. The molecule has 154 valence electrons. The molecular weight excluding hydrogens is 374 g/mol. The second-order valence-electron chi connectivity index (χ2n) is 6.73. The van der Waals surface area contributed by atoms with Crippen LogP contribution in [0, 0.1) is 0 Å². The summed E-state index contributed by atoms with van der Waals surface area (Å²) in [6.45, 7) is 6.59. The fraction of sp³-hybridized carbons (Fsp3) is 0.200. The number of hydrogen-bond donors (Lipinski definition) is 1. The molecule has 1 amide bonds. The Hall–Kier alpha value is -3.60. The van der Waals surface area contributed by atoms with Crippen molar-refractivity contribution < 1.29 is 9.53 Å². The first-order valence-corrected chi connectivity index (χ1v) is 10.2. The average Bonchev–Trinajstić information content (AvgIpc) is 2.80. The van der Waals surface area contributed by atoms with E-state index >= 15 is 0 Å². The van der Waals surface area contributed by atoms with Gasteiger partial charge >= 0.3 is 0 Å². The summed E-state index contributed by atoms with van der Waals surface area (Å²) >= 11 is 0. The van der Waals surface area contributed by atoms with Crippen molar-refractivity contribution in [1.29, 1.82) is 0 Å². The Morgan fingerprint density at radius 1 is 0.933 bits per heavy atom. The van der Waals surface area contributed by atoms with E-state index in [0.29, 0.717) is 17.9 Å². The molecule has 3 rings (SSSR count). The van der Waals surface area contributed by atoms with Crippen molar-refractivity contribution in [2.24, 2.45) is 5.10 Å². The Kier molecular flexibility index (Phi) is 7.61. The predicted molar refractivity (Wildman–Crippen MR) is 122 cm³/mol. The zero-order chi connectivity index (χ0) is 21.2. The van der Waals surface area contributed by atoms with Crippen molar-refractivity contribution in [1.82, 2.24) is 5.43 Å². The Morgan fingerprint density at radius 2 is 1.60 bits per heavy atom. The fourth-order valence-electron chi connectivity index (χ4n) is 3.10. The van der Waals surface area contributed by atoms with Crippen LogP contribution in [-0.4, -0.2) is 25.2 Å². The molecule has 0 spiro atoms. The molecule has 0 atom stereocenters. The molecule has 0 fully saturated rings. The van der Waals surface area contributed by atoms with Gasteiger partial charge in [-0.2, -0.15) is 5.10 Å². The number of carbonyl (C=O) groups excluding carboxylic acids is 1. The summed E-state index contributed by atoms with van der Waals surface area (Å²) in [7, 11) is 0. The highest BCUT2D eigenvalue weighted by atomic mass is 16.5. The Bertz CT molecular complexity index is 965. The second-order valence-corrected chi connectivity index (χ2v) is 6.73. The number of rotatable bonds is 9. The number of nitrogens with one attached hydrogen (secondary N) is 1. The first-order chi connectivity index (χ1) is 14.7. The summed E-state index contributed by atoms with van der Waals surface area (Å²) in [4.78, 5) is 14.8. The standard InChI is InChI=1S/C25H27N3O2/c1-3-28(4-2)22-16-14-20(15-17-22)18-26-27-25(29)23-12-8-9-13-24(23)30-19-21-10-6-5-7-11-21/h5-18H,3-4,19H2,1-2H3,(H,27,29)/b26-18-. The SMILES string of the molecule is CCN(CC)c1ccc(/C=N\NC(=O)c2ccccc2OCc2ccccc2)cc1. The van der Waals surface area contributed by atoms with Crippen LogP contribution in [0.15, 0.2) is 84.0 Å². The number of ether oxygens (including phenoxy) is 1. The van der Waals surface area contributed by atoms with Gasteiger partial charge in [-0.3, -0.25) is 4.79 Å². The molecule has 0 saturated carbocycles. The van der Waals surface area contributed by atoms with Crippen LogP contribution in [0.5, 0.6) is 5.75 Å². The number of anilines is 1. The third-order valence-electron chi connectivity index (χ3n) is 4.77. The van der Waals surface area contributed by atoms with E-state index in [1.54, 1.807) is 24.4 Å². The molecule has 0 heterocycles. The van der Waals surface area contributed by atoms with E-state index in [4.69, 9.17) is 4.74 Å². The summed E-state index contributed by atoms with van der Waals surface area (Å²) in [6, 6.07) is 25.1. The molecule has 0 unspecified atom stereocenters. The molecule has 0 aromatic heterocycles. The average molecular weight is 402 g/mol. The highest BCUT2D eigenvalue weighted by Crippen LogP contribution is 2.19. The molecule has 0 radical (unpaired) electrons. The van der Waals surface area contributed by atoms with Crippen LogP contribution in [0.1, 0.15) is 35.3 Å². The molecule has 5 nitrogen and oxygen atoms in total. The maximum absolute atomic E-state index is 12.6. The van der Waals surface area contributed by atoms with E-state index in [1.165, 1.54) is 5.69 Å². The summed E-state index contributed by atoms with van der Waals surface area (Å²) in [5.41, 5.74) is 6.16. The minimum atomic E-state index is -0.310. The monoisotopic (exact) mass is 401 g/mol. The first kappa shape index (κ1) is 21.1. The van der Waals surface area contributed by atoms with Crippen molar-refractivity contribution in [3.63, 3.8) is 0 Å². The van der Waals surface area contributed by atoms with Crippen LogP contribution in [0.2, 0.25) is 0 Å². The molecule has 0 saturated heterocycles. The second kappa shape index (κ2) is 10.8. The lowest BCUT2D eigenvalue weighted by Crippen LogP contribution is -2.21. The third-order valence-corrected chi connectivity index (χ3v) is 4.77. The Morgan fingerprint density at radius 3 is 2.30 bits per heavy atom. The predicted octanol–water partition coefficient (Wildman–Crippen LogP) is 4.88. The Labute approximate surface area is 178 Å². The van der Waals surface area contributed by atoms with Gasteiger partial charge in [-0.1, -0.05) is 54.6 Å². The van der Waals surface area contributed by atoms with Gasteiger partial charge in [0.15, 0.2) is 0 Å². The number of benzene rings is 3. The molecule has 30 heavy (non-hydrogen) atoms. The summed E-state index contributed by atoms with van der Waals surface area (Å²) in [5, 5.41) is 4.10. The van der Waals surface area contributed by atoms with Crippen molar-refractivity contribution in [3.8, 4) is 5.75 Å². The van der Waals surface area contributed by atoms with Gasteiger partial charge in [0.2, 0.25) is 0 Å². The molecule has 3 aromatic rings. The van der Waals surface area contributed by atoms with E-state index in [0.717, 1.165) is 24.2 Å². The number of carbonyl (C=O) groups is 1. The van der Waals surface area contributed by atoms with Crippen molar-refractivity contribution in [2.75, 3.05) is 18.0 Å². The molecule has 0 aliphatic rings. The van der Waals surface area contributed by atoms with Crippen LogP contribution in [0.4, 0.5) is 5.69 Å². The van der Waals surface area contributed by atoms with Gasteiger partial charge in [0.05, 0.1) is 11.8 Å². The lowest BCUT2D eigenvalue weighted by atomic mass is 10.2. The molecule has 5 heteroatoms. The van der Waals surface area contributed by atoms with Crippen molar-refractivity contribution >= 4 is 17.8 Å². The van der Waals surface area contributed by atoms with Gasteiger partial charge in [0.1, 0.15) is 12.4 Å². The van der Waals surface area contributed by atoms with E-state index in [-0.39, 0.29) is 5.91 Å². The van der Waals surface area contributed by atoms with Crippen LogP contribution < -0.4 is 15.1 Å².